The summed E-state index contributed by atoms with van der Waals surface area (Å²) in [6.45, 7) is 3.00. The van der Waals surface area contributed by atoms with Gasteiger partial charge in [0.2, 0.25) is 5.95 Å². The van der Waals surface area contributed by atoms with Crippen molar-refractivity contribution in [1.82, 2.24) is 15.0 Å². The zero-order chi connectivity index (χ0) is 24.2. The SMILES string of the molecule is O=C1COc2ccc(Nc3nc(Nc4ccc(N5CCOCC5)cc4)ncc3F)nc2N1COP. The fourth-order valence-corrected chi connectivity index (χ4v) is 3.85. The molecule has 0 aliphatic carbocycles. The molecular formula is C22H23FN7O4P. The first-order valence-electron chi connectivity index (χ1n) is 10.9. The molecule has 2 aliphatic heterocycles. The molecule has 4 heterocycles. The van der Waals surface area contributed by atoms with Gasteiger partial charge in [0.15, 0.2) is 29.8 Å². The van der Waals surface area contributed by atoms with E-state index in [1.165, 1.54) is 4.90 Å². The number of hydrogen-bond donors (Lipinski definition) is 2. The van der Waals surface area contributed by atoms with Crippen LogP contribution in [0, 0.1) is 5.82 Å². The molecule has 0 saturated carbocycles. The Morgan fingerprint density at radius 3 is 2.66 bits per heavy atom. The number of hydrogen-bond acceptors (Lipinski definition) is 10. The minimum absolute atomic E-state index is 0.0173. The molecule has 1 amide bonds. The fourth-order valence-electron chi connectivity index (χ4n) is 3.70. The Kier molecular flexibility index (Phi) is 6.84. The Morgan fingerprint density at radius 1 is 1.09 bits per heavy atom. The normalized spacial score (nSPS) is 15.4. The summed E-state index contributed by atoms with van der Waals surface area (Å²) in [6.07, 6.45) is 1.07. The highest BCUT2D eigenvalue weighted by Gasteiger charge is 2.27. The molecular weight excluding hydrogens is 476 g/mol. The third-order valence-electron chi connectivity index (χ3n) is 5.44. The standard InChI is InChI=1S/C22H23FN7O4P/c23-16-11-24-22(25-14-1-3-15(4-2-14)29-7-9-32-10-8-29)28-20(16)26-18-6-5-17-21(27-18)30(13-34-35)19(31)12-33-17/h1-6,11H,7-10,12-13,35H2,(H2,24,25,26,27,28). The molecule has 11 nitrogen and oxygen atoms in total. The van der Waals surface area contributed by atoms with Gasteiger partial charge in [-0.05, 0) is 36.4 Å². The third-order valence-corrected chi connectivity index (χ3v) is 5.59. The lowest BCUT2D eigenvalue weighted by Crippen LogP contribution is -2.40. The van der Waals surface area contributed by atoms with Gasteiger partial charge in [-0.1, -0.05) is 0 Å². The molecule has 1 unspecified atom stereocenters. The number of morpholine rings is 1. The van der Waals surface area contributed by atoms with Crippen molar-refractivity contribution in [3.63, 3.8) is 0 Å². The van der Waals surface area contributed by atoms with Gasteiger partial charge in [-0.15, -0.1) is 0 Å². The van der Waals surface area contributed by atoms with Crippen molar-refractivity contribution in [1.29, 1.82) is 0 Å². The molecule has 3 aromatic rings. The van der Waals surface area contributed by atoms with Crippen LogP contribution in [-0.4, -0.2) is 60.5 Å². The van der Waals surface area contributed by atoms with Gasteiger partial charge in [-0.25, -0.2) is 14.4 Å². The number of carbonyl (C=O) groups is 1. The molecule has 2 aromatic heterocycles. The summed E-state index contributed by atoms with van der Waals surface area (Å²) in [6, 6.07) is 11.1. The van der Waals surface area contributed by atoms with Crippen LogP contribution >= 0.6 is 9.47 Å². The van der Waals surface area contributed by atoms with Gasteiger partial charge in [0.25, 0.3) is 5.91 Å². The molecule has 0 radical (unpaired) electrons. The number of aromatic nitrogens is 3. The Balaban J connectivity index is 1.31. The monoisotopic (exact) mass is 499 g/mol. The summed E-state index contributed by atoms with van der Waals surface area (Å²) >= 11 is 0. The van der Waals surface area contributed by atoms with Crippen LogP contribution in [0.5, 0.6) is 5.75 Å². The van der Waals surface area contributed by atoms with E-state index in [4.69, 9.17) is 14.0 Å². The number of ether oxygens (including phenoxy) is 2. The molecule has 1 aromatic carbocycles. The lowest BCUT2D eigenvalue weighted by molar-refractivity contribution is -0.122. The Hall–Kier alpha value is -3.60. The van der Waals surface area contributed by atoms with E-state index in [0.29, 0.717) is 19.0 Å². The second-order valence-electron chi connectivity index (χ2n) is 7.71. The Bertz CT molecular complexity index is 1210. The Labute approximate surface area is 202 Å². The average molecular weight is 499 g/mol. The van der Waals surface area contributed by atoms with E-state index in [0.717, 1.165) is 30.7 Å². The fraction of sp³-hybridized carbons (Fsp3) is 0.273. The molecule has 1 saturated heterocycles. The topological polar surface area (TPSA) is 114 Å². The number of halogens is 1. The summed E-state index contributed by atoms with van der Waals surface area (Å²) in [7, 11) is 2.09. The van der Waals surface area contributed by atoms with Crippen molar-refractivity contribution >= 4 is 50.2 Å². The van der Waals surface area contributed by atoms with Gasteiger partial charge < -0.3 is 29.5 Å². The van der Waals surface area contributed by atoms with E-state index in [9.17, 15) is 9.18 Å². The molecule has 1 atom stereocenters. The molecule has 5 rings (SSSR count). The highest BCUT2D eigenvalue weighted by atomic mass is 31.0. The van der Waals surface area contributed by atoms with Gasteiger partial charge in [0.05, 0.1) is 19.4 Å². The van der Waals surface area contributed by atoms with E-state index in [1.54, 1.807) is 12.1 Å². The van der Waals surface area contributed by atoms with Crippen molar-refractivity contribution < 1.29 is 23.2 Å². The number of benzene rings is 1. The average Bonchev–Trinajstić information content (AvgIpc) is 2.89. The molecule has 182 valence electrons. The van der Waals surface area contributed by atoms with Crippen LogP contribution in [0.1, 0.15) is 0 Å². The lowest BCUT2D eigenvalue weighted by Gasteiger charge is -2.28. The highest BCUT2D eigenvalue weighted by Crippen LogP contribution is 2.32. The maximum absolute atomic E-state index is 14.5. The largest absolute Gasteiger partial charge is 0.480 e. The van der Waals surface area contributed by atoms with Gasteiger partial charge in [-0.3, -0.25) is 9.69 Å². The van der Waals surface area contributed by atoms with Crippen molar-refractivity contribution in [3.05, 3.63) is 48.4 Å². The number of pyridine rings is 1. The minimum atomic E-state index is -0.657. The lowest BCUT2D eigenvalue weighted by atomic mass is 10.2. The number of amides is 1. The molecule has 13 heteroatoms. The van der Waals surface area contributed by atoms with Crippen molar-refractivity contribution in [3.8, 4) is 5.75 Å². The molecule has 1 fully saturated rings. The molecule has 0 bridgehead atoms. The second kappa shape index (κ2) is 10.3. The van der Waals surface area contributed by atoms with Crippen LogP contribution in [0.4, 0.5) is 39.2 Å². The molecule has 0 spiro atoms. The first-order valence-corrected chi connectivity index (χ1v) is 11.3. The first kappa shape index (κ1) is 23.2. The molecule has 35 heavy (non-hydrogen) atoms. The van der Waals surface area contributed by atoms with Crippen LogP contribution in [0.2, 0.25) is 0 Å². The third kappa shape index (κ3) is 5.24. The number of fused-ring (bicyclic) bond motifs is 1. The van der Waals surface area contributed by atoms with Crippen molar-refractivity contribution in [2.24, 2.45) is 0 Å². The smallest absolute Gasteiger partial charge is 0.268 e. The van der Waals surface area contributed by atoms with E-state index in [1.807, 2.05) is 24.3 Å². The number of nitrogens with one attached hydrogen (secondary N) is 2. The summed E-state index contributed by atoms with van der Waals surface area (Å²) < 4.78 is 30.3. The highest BCUT2D eigenvalue weighted by molar-refractivity contribution is 7.09. The van der Waals surface area contributed by atoms with Gasteiger partial charge in [-0.2, -0.15) is 4.98 Å². The summed E-state index contributed by atoms with van der Waals surface area (Å²) in [5.41, 5.74) is 1.86. The van der Waals surface area contributed by atoms with Crippen LogP contribution in [-0.2, 0) is 14.1 Å². The maximum atomic E-state index is 14.5. The number of rotatable bonds is 7. The van der Waals surface area contributed by atoms with Crippen molar-refractivity contribution in [2.75, 3.05) is 60.1 Å². The number of anilines is 6. The minimum Gasteiger partial charge on any atom is -0.480 e. The zero-order valence-electron chi connectivity index (χ0n) is 18.6. The molecule has 2 aliphatic rings. The summed E-state index contributed by atoms with van der Waals surface area (Å²) in [5, 5.41) is 5.93. The van der Waals surface area contributed by atoms with Crippen LogP contribution < -0.4 is 25.2 Å². The van der Waals surface area contributed by atoms with Gasteiger partial charge >= 0.3 is 0 Å². The first-order chi connectivity index (χ1) is 17.1. The quantitative estimate of drug-likeness (QED) is 0.471. The Morgan fingerprint density at radius 2 is 1.89 bits per heavy atom. The number of nitrogens with zero attached hydrogens (tertiary/aromatic N) is 5. The number of carbonyl (C=O) groups excluding carboxylic acids is 1. The van der Waals surface area contributed by atoms with Crippen molar-refractivity contribution in [2.45, 2.75) is 0 Å². The summed E-state index contributed by atoms with van der Waals surface area (Å²) in [5.74, 6) is 0.137. The summed E-state index contributed by atoms with van der Waals surface area (Å²) in [4.78, 5) is 28.4. The molecule has 2 N–H and O–H groups in total. The predicted octanol–water partition coefficient (Wildman–Crippen LogP) is 2.82. The van der Waals surface area contributed by atoms with Crippen LogP contribution in [0.3, 0.4) is 0 Å². The van der Waals surface area contributed by atoms with E-state index >= 15 is 0 Å². The van der Waals surface area contributed by atoms with E-state index in [-0.39, 0.29) is 42.6 Å². The second-order valence-corrected chi connectivity index (χ2v) is 8.04. The maximum Gasteiger partial charge on any atom is 0.268 e. The van der Waals surface area contributed by atoms with E-state index in [2.05, 4.69) is 40.0 Å². The van der Waals surface area contributed by atoms with Gasteiger partial charge in [0.1, 0.15) is 12.5 Å². The van der Waals surface area contributed by atoms with Crippen LogP contribution in [0.15, 0.2) is 42.6 Å². The van der Waals surface area contributed by atoms with Crippen LogP contribution in [0.25, 0.3) is 0 Å². The zero-order valence-corrected chi connectivity index (χ0v) is 19.8. The van der Waals surface area contributed by atoms with Gasteiger partial charge in [0, 0.05) is 33.9 Å². The van der Waals surface area contributed by atoms with E-state index < -0.39 is 5.82 Å². The predicted molar refractivity (Wildman–Crippen MR) is 131 cm³/mol.